The Morgan fingerprint density at radius 2 is 2.24 bits per heavy atom. The van der Waals surface area contributed by atoms with Gasteiger partial charge in [-0.15, -0.1) is 14.8 Å². The van der Waals surface area contributed by atoms with Crippen molar-refractivity contribution in [3.8, 4) is 0 Å². The molecule has 1 fully saturated rings. The first-order valence-electron chi connectivity index (χ1n) is 7.77. The van der Waals surface area contributed by atoms with Gasteiger partial charge in [0.25, 0.3) is 0 Å². The van der Waals surface area contributed by atoms with E-state index < -0.39 is 0 Å². The normalized spacial score (nSPS) is 19.6. The maximum atomic E-state index is 4.53. The monoisotopic (exact) mass is 289 g/mol. The minimum Gasteiger partial charge on any atom is -0.351 e. The third kappa shape index (κ3) is 3.29. The third-order valence-corrected chi connectivity index (χ3v) is 3.91. The summed E-state index contributed by atoms with van der Waals surface area (Å²) in [6, 6.07) is 4.45. The lowest BCUT2D eigenvalue weighted by Gasteiger charge is -2.36. The topological polar surface area (TPSA) is 71.2 Å². The second-order valence-electron chi connectivity index (χ2n) is 6.11. The van der Waals surface area contributed by atoms with Crippen molar-refractivity contribution in [1.82, 2.24) is 30.6 Å². The van der Waals surface area contributed by atoms with E-state index in [9.17, 15) is 0 Å². The number of nitrogens with one attached hydrogen (secondary N) is 1. The minimum absolute atomic E-state index is 0.499. The third-order valence-electron chi connectivity index (χ3n) is 3.91. The molecular weight excluding hydrogens is 266 g/mol. The zero-order valence-electron chi connectivity index (χ0n) is 12.7. The van der Waals surface area contributed by atoms with E-state index in [-0.39, 0.29) is 0 Å². The summed E-state index contributed by atoms with van der Waals surface area (Å²) in [5, 5.41) is 19.5. The van der Waals surface area contributed by atoms with Crippen molar-refractivity contribution in [2.75, 3.05) is 24.5 Å². The van der Waals surface area contributed by atoms with E-state index in [1.807, 2.05) is 12.1 Å². The summed E-state index contributed by atoms with van der Waals surface area (Å²) < 4.78 is 1.50. The molecule has 1 aliphatic heterocycles. The van der Waals surface area contributed by atoms with Crippen molar-refractivity contribution in [3.63, 3.8) is 0 Å². The first kappa shape index (κ1) is 14.2. The summed E-state index contributed by atoms with van der Waals surface area (Å²) in [5.41, 5.74) is 0.685. The highest BCUT2D eigenvalue weighted by Gasteiger charge is 2.23. The standard InChI is InChI=1S/C14H23N7/c1-11(2)9-15-10-12-5-3-4-8-20(12)14-7-6-13-16-18-19-21(13)17-14/h6-7,11-12,15H,3-5,8-10H2,1-2H3. The number of piperidine rings is 1. The number of hydrogen-bond donors (Lipinski definition) is 1. The van der Waals surface area contributed by atoms with E-state index in [4.69, 9.17) is 0 Å². The van der Waals surface area contributed by atoms with Gasteiger partial charge >= 0.3 is 0 Å². The highest BCUT2D eigenvalue weighted by atomic mass is 15.6. The van der Waals surface area contributed by atoms with E-state index in [0.29, 0.717) is 17.6 Å². The fraction of sp³-hybridized carbons (Fsp3) is 0.714. The van der Waals surface area contributed by atoms with Crippen LogP contribution >= 0.6 is 0 Å². The largest absolute Gasteiger partial charge is 0.351 e. The second kappa shape index (κ2) is 6.34. The zero-order valence-corrected chi connectivity index (χ0v) is 12.7. The van der Waals surface area contributed by atoms with Crippen LogP contribution in [0.5, 0.6) is 0 Å². The summed E-state index contributed by atoms with van der Waals surface area (Å²) in [7, 11) is 0. The maximum absolute atomic E-state index is 4.53. The van der Waals surface area contributed by atoms with Gasteiger partial charge in [0.15, 0.2) is 11.5 Å². The van der Waals surface area contributed by atoms with E-state index in [2.05, 4.69) is 44.7 Å². The summed E-state index contributed by atoms with van der Waals surface area (Å²) >= 11 is 0. The van der Waals surface area contributed by atoms with Crippen LogP contribution in [0.3, 0.4) is 0 Å². The van der Waals surface area contributed by atoms with Crippen LogP contribution in [0.15, 0.2) is 12.1 Å². The lowest BCUT2D eigenvalue weighted by atomic mass is 10.0. The molecule has 0 aromatic carbocycles. The average Bonchev–Trinajstić information content (AvgIpc) is 2.95. The highest BCUT2D eigenvalue weighted by molar-refractivity contribution is 5.45. The summed E-state index contributed by atoms with van der Waals surface area (Å²) in [4.78, 5) is 2.39. The van der Waals surface area contributed by atoms with Crippen LogP contribution in [0.2, 0.25) is 0 Å². The molecule has 0 radical (unpaired) electrons. The number of aromatic nitrogens is 5. The van der Waals surface area contributed by atoms with E-state index in [1.165, 1.54) is 23.9 Å². The van der Waals surface area contributed by atoms with Crippen LogP contribution in [-0.4, -0.2) is 50.9 Å². The lowest BCUT2D eigenvalue weighted by Crippen LogP contribution is -2.46. The van der Waals surface area contributed by atoms with Crippen LogP contribution in [-0.2, 0) is 0 Å². The van der Waals surface area contributed by atoms with Gasteiger partial charge in [0, 0.05) is 19.1 Å². The van der Waals surface area contributed by atoms with Gasteiger partial charge in [0.1, 0.15) is 0 Å². The number of hydrogen-bond acceptors (Lipinski definition) is 6. The van der Waals surface area contributed by atoms with Gasteiger partial charge in [-0.25, -0.2) is 0 Å². The molecule has 7 nitrogen and oxygen atoms in total. The molecule has 21 heavy (non-hydrogen) atoms. The maximum Gasteiger partial charge on any atom is 0.200 e. The van der Waals surface area contributed by atoms with Gasteiger partial charge in [-0.05, 0) is 54.3 Å². The van der Waals surface area contributed by atoms with Crippen LogP contribution < -0.4 is 10.2 Å². The molecular formula is C14H23N7. The van der Waals surface area contributed by atoms with E-state index in [0.717, 1.165) is 25.5 Å². The number of fused-ring (bicyclic) bond motifs is 1. The molecule has 114 valence electrons. The van der Waals surface area contributed by atoms with Crippen molar-refractivity contribution in [2.45, 2.75) is 39.2 Å². The predicted molar refractivity (Wildman–Crippen MR) is 81.3 cm³/mol. The Morgan fingerprint density at radius 3 is 3.10 bits per heavy atom. The Bertz CT molecular complexity index is 579. The first-order chi connectivity index (χ1) is 10.2. The first-order valence-corrected chi connectivity index (χ1v) is 7.77. The van der Waals surface area contributed by atoms with Gasteiger partial charge in [-0.3, -0.25) is 0 Å². The molecule has 0 amide bonds. The molecule has 1 aliphatic rings. The molecule has 0 saturated carbocycles. The minimum atomic E-state index is 0.499. The Morgan fingerprint density at radius 1 is 1.33 bits per heavy atom. The SMILES string of the molecule is CC(C)CNCC1CCCCN1c1ccc2nnnn2n1. The van der Waals surface area contributed by atoms with Gasteiger partial charge in [-0.1, -0.05) is 13.8 Å². The molecule has 7 heteroatoms. The van der Waals surface area contributed by atoms with Crippen molar-refractivity contribution >= 4 is 11.5 Å². The number of tetrazole rings is 1. The van der Waals surface area contributed by atoms with Crippen molar-refractivity contribution in [1.29, 1.82) is 0 Å². The van der Waals surface area contributed by atoms with E-state index in [1.54, 1.807) is 0 Å². The molecule has 0 aliphatic carbocycles. The molecule has 2 aromatic heterocycles. The van der Waals surface area contributed by atoms with Crippen molar-refractivity contribution in [3.05, 3.63) is 12.1 Å². The highest BCUT2D eigenvalue weighted by Crippen LogP contribution is 2.22. The Hall–Kier alpha value is -1.76. The van der Waals surface area contributed by atoms with Gasteiger partial charge in [0.2, 0.25) is 0 Å². The van der Waals surface area contributed by atoms with Crippen LogP contribution in [0.1, 0.15) is 33.1 Å². The van der Waals surface area contributed by atoms with E-state index >= 15 is 0 Å². The summed E-state index contributed by atoms with van der Waals surface area (Å²) in [5.74, 6) is 1.64. The number of nitrogens with zero attached hydrogens (tertiary/aromatic N) is 6. The predicted octanol–water partition coefficient (Wildman–Crippen LogP) is 1.12. The van der Waals surface area contributed by atoms with Crippen LogP contribution in [0.4, 0.5) is 5.82 Å². The molecule has 1 N–H and O–H groups in total. The fourth-order valence-electron chi connectivity index (χ4n) is 2.85. The quantitative estimate of drug-likeness (QED) is 0.889. The molecule has 3 heterocycles. The summed E-state index contributed by atoms with van der Waals surface area (Å²) in [6.07, 6.45) is 3.72. The zero-order chi connectivity index (χ0) is 14.7. The Balaban J connectivity index is 1.73. The fourth-order valence-corrected chi connectivity index (χ4v) is 2.85. The second-order valence-corrected chi connectivity index (χ2v) is 6.11. The van der Waals surface area contributed by atoms with Crippen molar-refractivity contribution in [2.24, 2.45) is 5.92 Å². The van der Waals surface area contributed by atoms with Crippen LogP contribution in [0.25, 0.3) is 5.65 Å². The molecule has 0 bridgehead atoms. The van der Waals surface area contributed by atoms with Crippen molar-refractivity contribution < 1.29 is 0 Å². The summed E-state index contributed by atoms with van der Waals surface area (Å²) in [6.45, 7) is 7.59. The molecule has 3 rings (SSSR count). The van der Waals surface area contributed by atoms with Gasteiger partial charge in [0.05, 0.1) is 0 Å². The van der Waals surface area contributed by atoms with Gasteiger partial charge in [-0.2, -0.15) is 0 Å². The van der Waals surface area contributed by atoms with Gasteiger partial charge < -0.3 is 10.2 Å². The molecule has 2 aromatic rings. The molecule has 0 spiro atoms. The lowest BCUT2D eigenvalue weighted by molar-refractivity contribution is 0.419. The number of anilines is 1. The Labute approximate surface area is 124 Å². The number of rotatable bonds is 5. The molecule has 1 unspecified atom stereocenters. The molecule has 1 saturated heterocycles. The Kier molecular flexibility index (Phi) is 4.28. The average molecular weight is 289 g/mol. The van der Waals surface area contributed by atoms with Crippen LogP contribution in [0, 0.1) is 5.92 Å². The smallest absolute Gasteiger partial charge is 0.200 e. The molecule has 1 atom stereocenters.